The van der Waals surface area contributed by atoms with E-state index < -0.39 is 5.60 Å². The van der Waals surface area contributed by atoms with Crippen molar-refractivity contribution < 1.29 is 19.1 Å². The molecular formula is C22H30N2O4. The summed E-state index contributed by atoms with van der Waals surface area (Å²) in [7, 11) is 0. The van der Waals surface area contributed by atoms with Gasteiger partial charge in [0.05, 0.1) is 12.2 Å². The number of hydrogen-bond donors (Lipinski definition) is 1. The maximum absolute atomic E-state index is 13.3. The molecule has 152 valence electrons. The van der Waals surface area contributed by atoms with E-state index >= 15 is 0 Å². The second-order valence-corrected chi connectivity index (χ2v) is 7.85. The number of hydrogen-bond acceptors (Lipinski definition) is 5. The van der Waals surface area contributed by atoms with E-state index in [0.717, 1.165) is 19.3 Å². The molecule has 1 amide bonds. The molecule has 1 aliphatic heterocycles. The molecule has 0 radical (unpaired) electrons. The molecule has 0 saturated carbocycles. The van der Waals surface area contributed by atoms with Crippen LogP contribution in [0.5, 0.6) is 5.75 Å². The molecule has 0 bridgehead atoms. The summed E-state index contributed by atoms with van der Waals surface area (Å²) in [6, 6.07) is 7.41. The summed E-state index contributed by atoms with van der Waals surface area (Å²) in [5.74, 6) is 1.80. The van der Waals surface area contributed by atoms with Crippen molar-refractivity contribution in [3.05, 3.63) is 47.2 Å². The maximum atomic E-state index is 13.3. The van der Waals surface area contributed by atoms with Crippen LogP contribution in [0.15, 0.2) is 28.7 Å². The van der Waals surface area contributed by atoms with Gasteiger partial charge in [0.1, 0.15) is 22.8 Å². The molecule has 1 aromatic heterocycles. The first-order valence-electron chi connectivity index (χ1n) is 10.0. The number of para-hydroxylation sites is 1. The summed E-state index contributed by atoms with van der Waals surface area (Å²) in [5, 5.41) is 10.3. The fraction of sp³-hybridized carbons (Fsp3) is 0.545. The minimum atomic E-state index is -1.05. The molecule has 1 fully saturated rings. The van der Waals surface area contributed by atoms with E-state index in [2.05, 4.69) is 4.98 Å². The summed E-state index contributed by atoms with van der Waals surface area (Å²) in [6.07, 6.45) is 3.50. The van der Waals surface area contributed by atoms with Crippen LogP contribution >= 0.6 is 0 Å². The zero-order valence-corrected chi connectivity index (χ0v) is 17.2. The number of aromatic nitrogens is 1. The Bertz CT molecular complexity index is 822. The summed E-state index contributed by atoms with van der Waals surface area (Å²) in [6.45, 7) is 8.35. The summed E-state index contributed by atoms with van der Waals surface area (Å²) in [5.41, 5.74) is 0.0968. The lowest BCUT2D eigenvalue weighted by Crippen LogP contribution is -2.45. The molecule has 1 saturated heterocycles. The first-order valence-corrected chi connectivity index (χ1v) is 10.0. The van der Waals surface area contributed by atoms with E-state index in [1.807, 2.05) is 43.0 Å². The van der Waals surface area contributed by atoms with Crippen LogP contribution in [-0.4, -0.2) is 40.1 Å². The number of carbonyl (C=O) groups excluding carboxylic acids is 1. The lowest BCUT2D eigenvalue weighted by atomic mass is 9.98. The minimum Gasteiger partial charge on any atom is -0.493 e. The topological polar surface area (TPSA) is 75.8 Å². The predicted octanol–water partition coefficient (Wildman–Crippen LogP) is 3.85. The zero-order chi connectivity index (χ0) is 20.3. The van der Waals surface area contributed by atoms with Crippen LogP contribution in [0.1, 0.15) is 67.7 Å². The third kappa shape index (κ3) is 4.38. The van der Waals surface area contributed by atoms with Gasteiger partial charge in [-0.25, -0.2) is 4.98 Å². The number of carbonyl (C=O) groups is 1. The largest absolute Gasteiger partial charge is 0.493 e. The molecule has 1 aromatic carbocycles. The smallest absolute Gasteiger partial charge is 0.257 e. The second-order valence-electron chi connectivity index (χ2n) is 7.85. The molecule has 2 heterocycles. The molecule has 2 aromatic rings. The first-order chi connectivity index (χ1) is 13.3. The minimum absolute atomic E-state index is 0.0141. The number of ether oxygens (including phenoxy) is 1. The van der Waals surface area contributed by atoms with Crippen molar-refractivity contribution in [3.8, 4) is 5.75 Å². The van der Waals surface area contributed by atoms with Crippen molar-refractivity contribution in [1.29, 1.82) is 0 Å². The molecule has 0 aliphatic carbocycles. The van der Waals surface area contributed by atoms with Gasteiger partial charge in [-0.15, -0.1) is 0 Å². The Balaban J connectivity index is 1.82. The van der Waals surface area contributed by atoms with E-state index in [4.69, 9.17) is 9.15 Å². The summed E-state index contributed by atoms with van der Waals surface area (Å²) >= 11 is 0. The van der Waals surface area contributed by atoms with Gasteiger partial charge in [-0.1, -0.05) is 12.1 Å². The number of nitrogens with zero attached hydrogens (tertiary/aromatic N) is 2. The lowest BCUT2D eigenvalue weighted by Gasteiger charge is -2.35. The van der Waals surface area contributed by atoms with Crippen LogP contribution < -0.4 is 4.74 Å². The third-order valence-electron chi connectivity index (χ3n) is 5.14. The van der Waals surface area contributed by atoms with Gasteiger partial charge < -0.3 is 19.2 Å². The monoisotopic (exact) mass is 386 g/mol. The highest BCUT2D eigenvalue weighted by atomic mass is 16.5. The van der Waals surface area contributed by atoms with Crippen LogP contribution in [0, 0.1) is 6.92 Å². The average molecular weight is 386 g/mol. The fourth-order valence-electron chi connectivity index (χ4n) is 3.87. The Hall–Kier alpha value is -2.34. The molecule has 3 rings (SSSR count). The lowest BCUT2D eigenvalue weighted by molar-refractivity contribution is 0.0600. The van der Waals surface area contributed by atoms with Crippen LogP contribution in [0.25, 0.3) is 0 Å². The third-order valence-corrected chi connectivity index (χ3v) is 5.14. The van der Waals surface area contributed by atoms with Crippen molar-refractivity contribution in [3.63, 3.8) is 0 Å². The zero-order valence-electron chi connectivity index (χ0n) is 17.2. The predicted molar refractivity (Wildman–Crippen MR) is 106 cm³/mol. The van der Waals surface area contributed by atoms with E-state index in [-0.39, 0.29) is 11.9 Å². The molecule has 0 spiro atoms. The van der Waals surface area contributed by atoms with Crippen molar-refractivity contribution in [2.75, 3.05) is 13.2 Å². The van der Waals surface area contributed by atoms with Gasteiger partial charge in [-0.2, -0.15) is 0 Å². The number of likely N-dealkylation sites (tertiary alicyclic amines) is 1. The van der Waals surface area contributed by atoms with Crippen molar-refractivity contribution in [2.45, 2.75) is 65.0 Å². The molecule has 1 N–H and O–H groups in total. The molecule has 6 nitrogen and oxygen atoms in total. The highest BCUT2D eigenvalue weighted by molar-refractivity contribution is 5.97. The van der Waals surface area contributed by atoms with Gasteiger partial charge in [0.2, 0.25) is 0 Å². The quantitative estimate of drug-likeness (QED) is 0.816. The summed E-state index contributed by atoms with van der Waals surface area (Å²) in [4.78, 5) is 19.7. The summed E-state index contributed by atoms with van der Waals surface area (Å²) < 4.78 is 11.5. The highest BCUT2D eigenvalue weighted by Gasteiger charge is 2.31. The number of amides is 1. The molecule has 6 heteroatoms. The standard InChI is InChI=1S/C22H30N2O4/c1-5-27-18-12-7-6-11-17(18)21(25)24-13-9-8-10-16(24)14-19-23-20(15(2)28-19)22(3,4)26/h6-7,11-12,16,26H,5,8-10,13-14H2,1-4H3/t16-/m1/s1. The molecule has 28 heavy (non-hydrogen) atoms. The van der Waals surface area contributed by atoms with Gasteiger partial charge in [0, 0.05) is 19.0 Å². The van der Waals surface area contributed by atoms with Gasteiger partial charge in [-0.05, 0) is 59.1 Å². The van der Waals surface area contributed by atoms with Crippen LogP contribution in [0.2, 0.25) is 0 Å². The average Bonchev–Trinajstić information content (AvgIpc) is 3.03. The van der Waals surface area contributed by atoms with E-state index in [1.165, 1.54) is 0 Å². The number of benzene rings is 1. The van der Waals surface area contributed by atoms with Crippen LogP contribution in [0.4, 0.5) is 0 Å². The Morgan fingerprint density at radius 2 is 2.11 bits per heavy atom. The number of piperidine rings is 1. The van der Waals surface area contributed by atoms with E-state index in [0.29, 0.717) is 48.2 Å². The Kier molecular flexibility index (Phi) is 6.08. The van der Waals surface area contributed by atoms with Crippen LogP contribution in [-0.2, 0) is 12.0 Å². The maximum Gasteiger partial charge on any atom is 0.257 e. The van der Waals surface area contributed by atoms with Gasteiger partial charge in [0.25, 0.3) is 5.91 Å². The number of oxazole rings is 1. The van der Waals surface area contributed by atoms with Crippen molar-refractivity contribution >= 4 is 5.91 Å². The highest BCUT2D eigenvalue weighted by Crippen LogP contribution is 2.28. The molecule has 0 unspecified atom stereocenters. The second kappa shape index (κ2) is 8.35. The fourth-order valence-corrected chi connectivity index (χ4v) is 3.87. The Morgan fingerprint density at radius 1 is 1.36 bits per heavy atom. The van der Waals surface area contributed by atoms with Crippen molar-refractivity contribution in [2.24, 2.45) is 0 Å². The van der Waals surface area contributed by atoms with Gasteiger partial charge in [0.15, 0.2) is 5.89 Å². The SMILES string of the molecule is CCOc1ccccc1C(=O)N1CCCC[C@@H]1Cc1nc(C(C)(C)O)c(C)o1. The van der Waals surface area contributed by atoms with Crippen molar-refractivity contribution in [1.82, 2.24) is 9.88 Å². The van der Waals surface area contributed by atoms with Gasteiger partial charge in [-0.3, -0.25) is 4.79 Å². The number of aryl methyl sites for hydroxylation is 1. The Morgan fingerprint density at radius 3 is 2.79 bits per heavy atom. The van der Waals surface area contributed by atoms with E-state index in [1.54, 1.807) is 13.8 Å². The molecular weight excluding hydrogens is 356 g/mol. The molecule has 1 atom stereocenters. The van der Waals surface area contributed by atoms with E-state index in [9.17, 15) is 9.90 Å². The number of aliphatic hydroxyl groups is 1. The first kappa shape index (κ1) is 20.4. The van der Waals surface area contributed by atoms with Gasteiger partial charge >= 0.3 is 0 Å². The number of rotatable bonds is 6. The molecule has 1 aliphatic rings. The normalized spacial score (nSPS) is 17.6. The Labute approximate surface area is 166 Å². The van der Waals surface area contributed by atoms with Crippen LogP contribution in [0.3, 0.4) is 0 Å².